The number of rotatable bonds is 7. The fourth-order valence-corrected chi connectivity index (χ4v) is 2.04. The van der Waals surface area contributed by atoms with E-state index in [2.05, 4.69) is 5.32 Å². The van der Waals surface area contributed by atoms with Gasteiger partial charge in [0, 0.05) is 0 Å². The Morgan fingerprint density at radius 2 is 2.08 bits per heavy atom. The van der Waals surface area contributed by atoms with E-state index in [1.54, 1.807) is 0 Å². The van der Waals surface area contributed by atoms with Crippen molar-refractivity contribution in [2.75, 3.05) is 33.0 Å². The molecular formula is C17H21NO6. The van der Waals surface area contributed by atoms with E-state index in [0.29, 0.717) is 19.8 Å². The summed E-state index contributed by atoms with van der Waals surface area (Å²) in [5, 5.41) is 2.61. The molecule has 7 nitrogen and oxygen atoms in total. The van der Waals surface area contributed by atoms with Crippen LogP contribution in [0.2, 0.25) is 0 Å². The Bertz CT molecular complexity index is 626. The first kappa shape index (κ1) is 17.7. The van der Waals surface area contributed by atoms with Crippen molar-refractivity contribution in [1.29, 1.82) is 0 Å². The highest BCUT2D eigenvalue weighted by Gasteiger charge is 2.17. The SMILES string of the molecule is Cc1ccc(OCCNC(=O)COC(=O)C2=COCCO2)c(C)c1. The van der Waals surface area contributed by atoms with Crippen LogP contribution >= 0.6 is 0 Å². The largest absolute Gasteiger partial charge is 0.493 e. The third kappa shape index (κ3) is 5.49. The number of aryl methyl sites for hydroxylation is 2. The summed E-state index contributed by atoms with van der Waals surface area (Å²) < 4.78 is 20.4. The number of amides is 1. The average Bonchev–Trinajstić information content (AvgIpc) is 2.59. The highest BCUT2D eigenvalue weighted by Crippen LogP contribution is 2.18. The van der Waals surface area contributed by atoms with E-state index in [1.807, 2.05) is 32.0 Å². The van der Waals surface area contributed by atoms with Crippen molar-refractivity contribution in [3.63, 3.8) is 0 Å². The van der Waals surface area contributed by atoms with Gasteiger partial charge >= 0.3 is 5.97 Å². The summed E-state index contributed by atoms with van der Waals surface area (Å²) in [5.74, 6) is -0.392. The minimum atomic E-state index is -0.726. The third-order valence-electron chi connectivity index (χ3n) is 3.20. The summed E-state index contributed by atoms with van der Waals surface area (Å²) >= 11 is 0. The minimum absolute atomic E-state index is 0.0350. The predicted octanol–water partition coefficient (Wildman–Crippen LogP) is 1.23. The first-order valence-corrected chi connectivity index (χ1v) is 7.64. The summed E-state index contributed by atoms with van der Waals surface area (Å²) in [6, 6.07) is 5.89. The molecule has 0 atom stereocenters. The summed E-state index contributed by atoms with van der Waals surface area (Å²) in [7, 11) is 0. The molecule has 1 heterocycles. The van der Waals surface area contributed by atoms with Gasteiger partial charge in [-0.2, -0.15) is 0 Å². The van der Waals surface area contributed by atoms with Crippen molar-refractivity contribution in [3.05, 3.63) is 41.3 Å². The Kier molecular flexibility index (Phi) is 6.48. The zero-order valence-electron chi connectivity index (χ0n) is 13.8. The van der Waals surface area contributed by atoms with E-state index in [0.717, 1.165) is 16.9 Å². The molecule has 130 valence electrons. The maximum absolute atomic E-state index is 11.6. The van der Waals surface area contributed by atoms with Gasteiger partial charge in [-0.3, -0.25) is 4.79 Å². The number of carbonyl (C=O) groups excluding carboxylic acids is 2. The van der Waals surface area contributed by atoms with Crippen LogP contribution in [0.4, 0.5) is 0 Å². The van der Waals surface area contributed by atoms with Crippen LogP contribution in [0.1, 0.15) is 11.1 Å². The highest BCUT2D eigenvalue weighted by atomic mass is 16.6. The van der Waals surface area contributed by atoms with E-state index >= 15 is 0 Å². The van der Waals surface area contributed by atoms with Crippen molar-refractivity contribution in [2.45, 2.75) is 13.8 Å². The molecule has 0 aromatic heterocycles. The van der Waals surface area contributed by atoms with Crippen molar-refractivity contribution in [2.24, 2.45) is 0 Å². The molecule has 0 fully saturated rings. The molecule has 1 aromatic carbocycles. The molecule has 0 radical (unpaired) electrons. The lowest BCUT2D eigenvalue weighted by Gasteiger charge is -2.14. The molecule has 1 N–H and O–H groups in total. The van der Waals surface area contributed by atoms with E-state index in [4.69, 9.17) is 18.9 Å². The third-order valence-corrected chi connectivity index (χ3v) is 3.20. The first-order valence-electron chi connectivity index (χ1n) is 7.64. The zero-order chi connectivity index (χ0) is 17.4. The topological polar surface area (TPSA) is 83.1 Å². The Hall–Kier alpha value is -2.70. The van der Waals surface area contributed by atoms with Gasteiger partial charge in [-0.05, 0) is 25.5 Å². The fraction of sp³-hybridized carbons (Fsp3) is 0.412. The van der Waals surface area contributed by atoms with E-state index in [1.165, 1.54) is 6.26 Å². The molecule has 0 bridgehead atoms. The number of carbonyl (C=O) groups is 2. The lowest BCUT2D eigenvalue weighted by Crippen LogP contribution is -2.32. The van der Waals surface area contributed by atoms with Crippen LogP contribution in [0.3, 0.4) is 0 Å². The molecule has 2 rings (SSSR count). The second-order valence-corrected chi connectivity index (χ2v) is 5.24. The maximum atomic E-state index is 11.6. The first-order chi connectivity index (χ1) is 11.6. The molecule has 0 unspecified atom stereocenters. The predicted molar refractivity (Wildman–Crippen MR) is 85.4 cm³/mol. The number of benzene rings is 1. The van der Waals surface area contributed by atoms with Gasteiger partial charge < -0.3 is 24.3 Å². The molecule has 0 spiro atoms. The van der Waals surface area contributed by atoms with Crippen molar-refractivity contribution >= 4 is 11.9 Å². The van der Waals surface area contributed by atoms with Crippen LogP contribution in [0, 0.1) is 13.8 Å². The molecule has 1 aliphatic heterocycles. The van der Waals surface area contributed by atoms with E-state index in [-0.39, 0.29) is 19.0 Å². The Labute approximate surface area is 140 Å². The molecule has 24 heavy (non-hydrogen) atoms. The second-order valence-electron chi connectivity index (χ2n) is 5.24. The van der Waals surface area contributed by atoms with Gasteiger partial charge in [-0.15, -0.1) is 0 Å². The summed E-state index contributed by atoms with van der Waals surface area (Å²) in [6.07, 6.45) is 1.18. The maximum Gasteiger partial charge on any atom is 0.377 e. The monoisotopic (exact) mass is 335 g/mol. The minimum Gasteiger partial charge on any atom is -0.493 e. The molecule has 0 aliphatic carbocycles. The van der Waals surface area contributed by atoms with E-state index < -0.39 is 11.9 Å². The van der Waals surface area contributed by atoms with Crippen LogP contribution in [0.15, 0.2) is 30.2 Å². The van der Waals surface area contributed by atoms with Crippen LogP contribution in [0.5, 0.6) is 5.75 Å². The zero-order valence-corrected chi connectivity index (χ0v) is 13.8. The lowest BCUT2D eigenvalue weighted by atomic mass is 10.1. The van der Waals surface area contributed by atoms with Gasteiger partial charge in [0.2, 0.25) is 5.76 Å². The standard InChI is InChI=1S/C17H21NO6/c1-12-3-4-14(13(2)9-12)22-6-5-18-16(19)11-24-17(20)15-10-21-7-8-23-15/h3-4,9-10H,5-8,11H2,1-2H3,(H,18,19). The van der Waals surface area contributed by atoms with Crippen LogP contribution < -0.4 is 10.1 Å². The van der Waals surface area contributed by atoms with Crippen molar-refractivity contribution in [1.82, 2.24) is 5.32 Å². The molecule has 0 saturated carbocycles. The molecule has 1 amide bonds. The normalized spacial score (nSPS) is 13.2. The lowest BCUT2D eigenvalue weighted by molar-refractivity contribution is -0.149. The van der Waals surface area contributed by atoms with Gasteiger partial charge in [0.25, 0.3) is 5.91 Å². The van der Waals surface area contributed by atoms with Crippen molar-refractivity contribution in [3.8, 4) is 5.75 Å². The number of hydrogen-bond acceptors (Lipinski definition) is 6. The average molecular weight is 335 g/mol. The smallest absolute Gasteiger partial charge is 0.377 e. The quantitative estimate of drug-likeness (QED) is 0.596. The summed E-state index contributed by atoms with van der Waals surface area (Å²) in [4.78, 5) is 23.2. The van der Waals surface area contributed by atoms with Gasteiger partial charge in [-0.25, -0.2) is 4.79 Å². The fourth-order valence-electron chi connectivity index (χ4n) is 2.04. The molecule has 1 aromatic rings. The number of esters is 1. The molecule has 0 saturated heterocycles. The Morgan fingerprint density at radius 1 is 1.25 bits per heavy atom. The molecule has 1 aliphatic rings. The highest BCUT2D eigenvalue weighted by molar-refractivity contribution is 5.88. The van der Waals surface area contributed by atoms with Crippen LogP contribution in [-0.4, -0.2) is 44.8 Å². The molecular weight excluding hydrogens is 314 g/mol. The number of nitrogens with one attached hydrogen (secondary N) is 1. The summed E-state index contributed by atoms with van der Waals surface area (Å²) in [5.41, 5.74) is 2.20. The Balaban J connectivity index is 1.62. The van der Waals surface area contributed by atoms with Gasteiger partial charge in [0.1, 0.15) is 31.8 Å². The summed E-state index contributed by atoms with van der Waals surface area (Å²) in [6.45, 7) is 4.90. The number of ether oxygens (including phenoxy) is 4. The second kappa shape index (κ2) is 8.81. The van der Waals surface area contributed by atoms with Gasteiger partial charge in [0.05, 0.1) is 6.54 Å². The molecule has 7 heteroatoms. The van der Waals surface area contributed by atoms with Gasteiger partial charge in [-0.1, -0.05) is 17.7 Å². The van der Waals surface area contributed by atoms with Crippen LogP contribution in [0.25, 0.3) is 0 Å². The van der Waals surface area contributed by atoms with Crippen LogP contribution in [-0.2, 0) is 23.8 Å². The van der Waals surface area contributed by atoms with Gasteiger partial charge in [0.15, 0.2) is 6.61 Å². The number of hydrogen-bond donors (Lipinski definition) is 1. The van der Waals surface area contributed by atoms with E-state index in [9.17, 15) is 9.59 Å². The van der Waals surface area contributed by atoms with Crippen molar-refractivity contribution < 1.29 is 28.5 Å². The Morgan fingerprint density at radius 3 is 2.79 bits per heavy atom.